The second-order valence-corrected chi connectivity index (χ2v) is 5.02. The molecule has 0 radical (unpaired) electrons. The Kier molecular flexibility index (Phi) is 2.83. The van der Waals surface area contributed by atoms with Crippen molar-refractivity contribution in [2.24, 2.45) is 5.92 Å². The molecule has 1 saturated carbocycles. The van der Waals surface area contributed by atoms with Crippen LogP contribution in [0.1, 0.15) is 37.0 Å². The van der Waals surface area contributed by atoms with Gasteiger partial charge in [0.2, 0.25) is 0 Å². The standard InChI is InChI=1S/C10H16N2S/c11-10-12-7-9(13-10)6-8-4-2-1-3-5-8/h7-8H,1-6H2,(H2,11,12). The molecule has 1 aliphatic rings. The Hall–Kier alpha value is -0.570. The summed E-state index contributed by atoms with van der Waals surface area (Å²) in [7, 11) is 0. The monoisotopic (exact) mass is 196 g/mol. The molecule has 1 aromatic rings. The van der Waals surface area contributed by atoms with E-state index in [0.29, 0.717) is 5.13 Å². The fraction of sp³-hybridized carbons (Fsp3) is 0.700. The fourth-order valence-corrected chi connectivity index (χ4v) is 2.89. The maximum atomic E-state index is 5.59. The van der Waals surface area contributed by atoms with Gasteiger partial charge in [0, 0.05) is 11.1 Å². The van der Waals surface area contributed by atoms with E-state index in [4.69, 9.17) is 5.73 Å². The Morgan fingerprint density at radius 2 is 2.15 bits per heavy atom. The molecule has 1 heterocycles. The highest BCUT2D eigenvalue weighted by atomic mass is 32.1. The van der Waals surface area contributed by atoms with Crippen molar-refractivity contribution >= 4 is 16.5 Å². The first-order valence-corrected chi connectivity index (χ1v) is 5.86. The summed E-state index contributed by atoms with van der Waals surface area (Å²) < 4.78 is 0. The van der Waals surface area contributed by atoms with E-state index in [-0.39, 0.29) is 0 Å². The molecule has 72 valence electrons. The predicted octanol–water partition coefficient (Wildman–Crippen LogP) is 2.85. The third kappa shape index (κ3) is 2.44. The Morgan fingerprint density at radius 1 is 1.38 bits per heavy atom. The second-order valence-electron chi connectivity index (χ2n) is 3.87. The molecule has 1 aromatic heterocycles. The highest BCUT2D eigenvalue weighted by Gasteiger charge is 2.14. The molecular formula is C10H16N2S. The zero-order valence-electron chi connectivity index (χ0n) is 7.83. The molecule has 0 unspecified atom stereocenters. The quantitative estimate of drug-likeness (QED) is 0.790. The van der Waals surface area contributed by atoms with Crippen LogP contribution in [-0.4, -0.2) is 4.98 Å². The van der Waals surface area contributed by atoms with Crippen molar-refractivity contribution in [1.82, 2.24) is 4.98 Å². The van der Waals surface area contributed by atoms with E-state index >= 15 is 0 Å². The lowest BCUT2D eigenvalue weighted by atomic mass is 9.87. The Morgan fingerprint density at radius 3 is 2.77 bits per heavy atom. The summed E-state index contributed by atoms with van der Waals surface area (Å²) in [4.78, 5) is 5.44. The van der Waals surface area contributed by atoms with Gasteiger partial charge in [-0.2, -0.15) is 0 Å². The third-order valence-corrected chi connectivity index (χ3v) is 3.63. The van der Waals surface area contributed by atoms with Crippen LogP contribution >= 0.6 is 11.3 Å². The number of nitrogen functional groups attached to an aromatic ring is 1. The van der Waals surface area contributed by atoms with Crippen LogP contribution in [0.25, 0.3) is 0 Å². The molecule has 1 fully saturated rings. The van der Waals surface area contributed by atoms with Gasteiger partial charge in [0.25, 0.3) is 0 Å². The summed E-state index contributed by atoms with van der Waals surface area (Å²) >= 11 is 1.65. The van der Waals surface area contributed by atoms with Crippen LogP contribution in [0.3, 0.4) is 0 Å². The Labute approximate surface area is 83.2 Å². The van der Waals surface area contributed by atoms with E-state index in [1.807, 2.05) is 6.20 Å². The molecule has 0 saturated heterocycles. The lowest BCUT2D eigenvalue weighted by Crippen LogP contribution is -2.08. The SMILES string of the molecule is Nc1ncc(CC2CCCCC2)s1. The molecular weight excluding hydrogens is 180 g/mol. The number of nitrogens with two attached hydrogens (primary N) is 1. The predicted molar refractivity (Wildman–Crippen MR) is 56.8 cm³/mol. The first-order chi connectivity index (χ1) is 6.34. The normalized spacial score (nSPS) is 19.1. The van der Waals surface area contributed by atoms with Gasteiger partial charge < -0.3 is 5.73 Å². The van der Waals surface area contributed by atoms with E-state index in [1.54, 1.807) is 11.3 Å². The lowest BCUT2D eigenvalue weighted by molar-refractivity contribution is 0.358. The fourth-order valence-electron chi connectivity index (χ4n) is 2.09. The van der Waals surface area contributed by atoms with E-state index in [2.05, 4.69) is 4.98 Å². The van der Waals surface area contributed by atoms with Gasteiger partial charge >= 0.3 is 0 Å². The molecule has 3 heteroatoms. The summed E-state index contributed by atoms with van der Waals surface area (Å²) in [5.41, 5.74) is 5.59. The van der Waals surface area contributed by atoms with Crippen LogP contribution in [0, 0.1) is 5.92 Å². The van der Waals surface area contributed by atoms with Crippen molar-refractivity contribution in [1.29, 1.82) is 0 Å². The molecule has 0 bridgehead atoms. The van der Waals surface area contributed by atoms with Gasteiger partial charge in [0.05, 0.1) is 0 Å². The number of aromatic nitrogens is 1. The van der Waals surface area contributed by atoms with Crippen molar-refractivity contribution in [2.45, 2.75) is 38.5 Å². The van der Waals surface area contributed by atoms with Crippen molar-refractivity contribution in [3.8, 4) is 0 Å². The number of hydrogen-bond acceptors (Lipinski definition) is 3. The smallest absolute Gasteiger partial charge is 0.180 e. The molecule has 0 atom stereocenters. The molecule has 0 spiro atoms. The van der Waals surface area contributed by atoms with Crippen molar-refractivity contribution in [3.05, 3.63) is 11.1 Å². The van der Waals surface area contributed by atoms with Crippen LogP contribution in [0.4, 0.5) is 5.13 Å². The maximum absolute atomic E-state index is 5.59. The zero-order valence-corrected chi connectivity index (χ0v) is 8.65. The molecule has 13 heavy (non-hydrogen) atoms. The molecule has 2 nitrogen and oxygen atoms in total. The zero-order chi connectivity index (χ0) is 9.10. The van der Waals surface area contributed by atoms with Crippen LogP contribution in [-0.2, 0) is 6.42 Å². The van der Waals surface area contributed by atoms with Gasteiger partial charge in [0.1, 0.15) is 0 Å². The van der Waals surface area contributed by atoms with Gasteiger partial charge in [-0.25, -0.2) is 4.98 Å². The molecule has 2 N–H and O–H groups in total. The number of rotatable bonds is 2. The topological polar surface area (TPSA) is 38.9 Å². The van der Waals surface area contributed by atoms with Crippen molar-refractivity contribution < 1.29 is 0 Å². The Bertz CT molecular complexity index is 264. The maximum Gasteiger partial charge on any atom is 0.180 e. The summed E-state index contributed by atoms with van der Waals surface area (Å²) in [6.07, 6.45) is 10.2. The number of hydrogen-bond donors (Lipinski definition) is 1. The first kappa shape index (κ1) is 9.00. The average molecular weight is 196 g/mol. The lowest BCUT2D eigenvalue weighted by Gasteiger charge is -2.20. The Balaban J connectivity index is 1.89. The van der Waals surface area contributed by atoms with E-state index in [9.17, 15) is 0 Å². The number of thiazole rings is 1. The molecule has 1 aliphatic carbocycles. The van der Waals surface area contributed by atoms with Crippen LogP contribution in [0.2, 0.25) is 0 Å². The molecule has 0 aliphatic heterocycles. The van der Waals surface area contributed by atoms with Gasteiger partial charge in [-0.1, -0.05) is 32.1 Å². The van der Waals surface area contributed by atoms with Crippen LogP contribution < -0.4 is 5.73 Å². The number of nitrogens with zero attached hydrogens (tertiary/aromatic N) is 1. The van der Waals surface area contributed by atoms with Crippen molar-refractivity contribution in [2.75, 3.05) is 5.73 Å². The summed E-state index contributed by atoms with van der Waals surface area (Å²) in [5.74, 6) is 0.897. The van der Waals surface area contributed by atoms with Crippen molar-refractivity contribution in [3.63, 3.8) is 0 Å². The average Bonchev–Trinajstić information content (AvgIpc) is 2.53. The van der Waals surface area contributed by atoms with Gasteiger partial charge in [-0.05, 0) is 12.3 Å². The third-order valence-electron chi connectivity index (χ3n) is 2.79. The van der Waals surface area contributed by atoms with Crippen LogP contribution in [0.5, 0.6) is 0 Å². The van der Waals surface area contributed by atoms with Gasteiger partial charge in [-0.15, -0.1) is 11.3 Å². The molecule has 0 amide bonds. The van der Waals surface area contributed by atoms with E-state index in [1.165, 1.54) is 43.4 Å². The highest BCUT2D eigenvalue weighted by molar-refractivity contribution is 7.15. The summed E-state index contributed by atoms with van der Waals surface area (Å²) in [6.45, 7) is 0. The van der Waals surface area contributed by atoms with E-state index in [0.717, 1.165) is 5.92 Å². The highest BCUT2D eigenvalue weighted by Crippen LogP contribution is 2.28. The molecule has 2 rings (SSSR count). The minimum absolute atomic E-state index is 0.714. The largest absolute Gasteiger partial charge is 0.375 e. The minimum Gasteiger partial charge on any atom is -0.375 e. The van der Waals surface area contributed by atoms with Crippen LogP contribution in [0.15, 0.2) is 6.20 Å². The summed E-state index contributed by atoms with van der Waals surface area (Å²) in [6, 6.07) is 0. The molecule has 0 aromatic carbocycles. The summed E-state index contributed by atoms with van der Waals surface area (Å²) in [5, 5.41) is 0.714. The first-order valence-electron chi connectivity index (χ1n) is 5.05. The number of anilines is 1. The minimum atomic E-state index is 0.714. The second kappa shape index (κ2) is 4.09. The van der Waals surface area contributed by atoms with Gasteiger partial charge in [-0.3, -0.25) is 0 Å². The van der Waals surface area contributed by atoms with E-state index < -0.39 is 0 Å². The van der Waals surface area contributed by atoms with Gasteiger partial charge in [0.15, 0.2) is 5.13 Å².